The second-order valence-corrected chi connectivity index (χ2v) is 9.79. The van der Waals surface area contributed by atoms with Gasteiger partial charge in [-0.3, -0.25) is 4.79 Å². The summed E-state index contributed by atoms with van der Waals surface area (Å²) in [6.07, 6.45) is 0. The van der Waals surface area contributed by atoms with Gasteiger partial charge in [-0.2, -0.15) is 0 Å². The third-order valence-electron chi connectivity index (χ3n) is 6.27. The Hall–Kier alpha value is -4.28. The molecule has 0 saturated carbocycles. The number of nitrogen functional groups attached to an aromatic ring is 1. The van der Waals surface area contributed by atoms with Gasteiger partial charge in [0.2, 0.25) is 5.82 Å². The van der Waals surface area contributed by atoms with E-state index in [1.165, 1.54) is 11.3 Å². The Morgan fingerprint density at radius 1 is 1.03 bits per heavy atom. The molecule has 1 amide bonds. The van der Waals surface area contributed by atoms with Crippen LogP contribution in [0.3, 0.4) is 0 Å². The largest absolute Gasteiger partial charge is 0.382 e. The maximum Gasteiger partial charge on any atom is 0.294 e. The fourth-order valence-corrected chi connectivity index (χ4v) is 5.15. The number of fused-ring (bicyclic) bond motifs is 2. The number of nitrogens with zero attached hydrogens (tertiary/aromatic N) is 4. The Bertz CT molecular complexity index is 1610. The van der Waals surface area contributed by atoms with Crippen LogP contribution < -0.4 is 21.3 Å². The maximum absolute atomic E-state index is 13.1. The summed E-state index contributed by atoms with van der Waals surface area (Å²) >= 11 is 1.44. The zero-order valence-electron chi connectivity index (χ0n) is 20.2. The van der Waals surface area contributed by atoms with E-state index in [0.29, 0.717) is 17.2 Å². The van der Waals surface area contributed by atoms with Gasteiger partial charge in [0.05, 0.1) is 23.4 Å². The smallest absolute Gasteiger partial charge is 0.294 e. The molecule has 4 heterocycles. The van der Waals surface area contributed by atoms with E-state index >= 15 is 0 Å². The number of pyridine rings is 1. The molecular weight excluding hydrogens is 486 g/mol. The number of rotatable bonds is 5. The maximum atomic E-state index is 13.1. The van der Waals surface area contributed by atoms with E-state index in [1.54, 1.807) is 0 Å². The minimum absolute atomic E-state index is 0.00234. The van der Waals surface area contributed by atoms with Crippen LogP contribution in [0.1, 0.15) is 16.2 Å². The second kappa shape index (κ2) is 9.64. The number of ether oxygens (including phenoxy) is 1. The first-order chi connectivity index (χ1) is 18.0. The van der Waals surface area contributed by atoms with E-state index in [4.69, 9.17) is 15.5 Å². The monoisotopic (exact) mass is 511 g/mol. The fourth-order valence-electron chi connectivity index (χ4n) is 4.41. The third kappa shape index (κ3) is 4.76. The highest BCUT2D eigenvalue weighted by atomic mass is 32.1. The topological polar surface area (TPSA) is 118 Å². The summed E-state index contributed by atoms with van der Waals surface area (Å²) < 4.78 is 6.21. The van der Waals surface area contributed by atoms with Gasteiger partial charge in [0.15, 0.2) is 0 Å². The molecule has 9 nitrogen and oxygen atoms in total. The van der Waals surface area contributed by atoms with Crippen molar-refractivity contribution in [3.05, 3.63) is 71.4 Å². The number of aryl methyl sites for hydroxylation is 1. The molecule has 0 aliphatic carbocycles. The van der Waals surface area contributed by atoms with Crippen molar-refractivity contribution < 1.29 is 9.53 Å². The number of carbonyl (C=O) groups is 1. The lowest BCUT2D eigenvalue weighted by atomic mass is 10.1. The number of morpholine rings is 1. The van der Waals surface area contributed by atoms with E-state index in [1.807, 2.05) is 48.7 Å². The molecule has 2 aromatic carbocycles. The molecule has 0 unspecified atom stereocenters. The van der Waals surface area contributed by atoms with E-state index in [0.717, 1.165) is 58.7 Å². The number of benzene rings is 2. The van der Waals surface area contributed by atoms with Crippen LogP contribution in [0.25, 0.3) is 21.0 Å². The number of amides is 1. The molecule has 4 N–H and O–H groups in total. The van der Waals surface area contributed by atoms with Gasteiger partial charge >= 0.3 is 0 Å². The lowest BCUT2D eigenvalue weighted by Crippen LogP contribution is -2.36. The van der Waals surface area contributed by atoms with Crippen LogP contribution in [0.2, 0.25) is 0 Å². The molecule has 6 rings (SSSR count). The Morgan fingerprint density at radius 3 is 2.65 bits per heavy atom. The van der Waals surface area contributed by atoms with Crippen molar-refractivity contribution in [1.29, 1.82) is 0 Å². The summed E-state index contributed by atoms with van der Waals surface area (Å²) in [6, 6.07) is 18.0. The molecule has 0 spiro atoms. The molecule has 5 aromatic rings. The minimum atomic E-state index is -0.471. The number of nitrogens with two attached hydrogens (primary N) is 1. The zero-order valence-corrected chi connectivity index (χ0v) is 21.0. The highest BCUT2D eigenvalue weighted by molar-refractivity contribution is 7.17. The van der Waals surface area contributed by atoms with Crippen molar-refractivity contribution in [1.82, 2.24) is 15.0 Å². The van der Waals surface area contributed by atoms with Crippen LogP contribution in [0, 0.1) is 6.92 Å². The van der Waals surface area contributed by atoms with Gasteiger partial charge in [0, 0.05) is 29.9 Å². The molecule has 0 bridgehead atoms. The number of hydrogen-bond acceptors (Lipinski definition) is 9. The lowest BCUT2D eigenvalue weighted by Gasteiger charge is -2.28. The van der Waals surface area contributed by atoms with E-state index in [2.05, 4.69) is 43.7 Å². The summed E-state index contributed by atoms with van der Waals surface area (Å²) in [7, 11) is 0. The molecule has 0 radical (unpaired) electrons. The average molecular weight is 512 g/mol. The summed E-state index contributed by atoms with van der Waals surface area (Å²) in [5.41, 5.74) is 9.86. The van der Waals surface area contributed by atoms with Gasteiger partial charge in [-0.1, -0.05) is 23.8 Å². The van der Waals surface area contributed by atoms with Crippen LogP contribution in [0.5, 0.6) is 0 Å². The highest BCUT2D eigenvalue weighted by Gasteiger charge is 2.17. The first kappa shape index (κ1) is 23.1. The molecule has 3 aromatic heterocycles. The SMILES string of the molecule is Cc1ccc2c(NC(=O)c3nc(N)c4sccc4n3)nc(Nc3ccc(N4CCOCC4)cc3)cc2c1. The first-order valence-electron chi connectivity index (χ1n) is 12.0. The predicted octanol–water partition coefficient (Wildman–Crippen LogP) is 4.96. The number of aromatic nitrogens is 3. The van der Waals surface area contributed by atoms with Crippen LogP contribution in [0.15, 0.2) is 60.0 Å². The number of carbonyl (C=O) groups excluding carboxylic acids is 1. The van der Waals surface area contributed by atoms with Crippen LogP contribution >= 0.6 is 11.3 Å². The minimum Gasteiger partial charge on any atom is -0.382 e. The molecule has 186 valence electrons. The zero-order chi connectivity index (χ0) is 25.4. The molecule has 1 aliphatic heterocycles. The number of hydrogen-bond donors (Lipinski definition) is 3. The van der Waals surface area contributed by atoms with Crippen molar-refractivity contribution >= 4 is 67.1 Å². The molecule has 37 heavy (non-hydrogen) atoms. The third-order valence-corrected chi connectivity index (χ3v) is 7.19. The molecule has 10 heteroatoms. The summed E-state index contributed by atoms with van der Waals surface area (Å²) in [5, 5.41) is 9.91. The number of nitrogens with one attached hydrogen (secondary N) is 2. The van der Waals surface area contributed by atoms with Gasteiger partial charge in [-0.05, 0) is 54.1 Å². The quantitative estimate of drug-likeness (QED) is 0.303. The van der Waals surface area contributed by atoms with Crippen molar-refractivity contribution in [3.63, 3.8) is 0 Å². The summed E-state index contributed by atoms with van der Waals surface area (Å²) in [6.45, 7) is 5.29. The van der Waals surface area contributed by atoms with E-state index in [9.17, 15) is 4.79 Å². The fraction of sp³-hybridized carbons (Fsp3) is 0.185. The Labute approximate surface area is 217 Å². The van der Waals surface area contributed by atoms with E-state index in [-0.39, 0.29) is 11.6 Å². The van der Waals surface area contributed by atoms with Crippen molar-refractivity contribution in [2.45, 2.75) is 6.92 Å². The Balaban J connectivity index is 1.30. The standard InChI is InChI=1S/C27H25N7O2S/c1-16-2-7-20-17(14-16)15-22(29-18-3-5-19(6-4-18)34-9-11-36-12-10-34)31-25(20)33-27(35)26-30-21-8-13-37-23(21)24(28)32-26/h2-8,13-15H,9-12H2,1H3,(H2,28,30,32)(H2,29,31,33,35). The van der Waals surface area contributed by atoms with Crippen molar-refractivity contribution in [2.75, 3.05) is 47.6 Å². The van der Waals surface area contributed by atoms with Crippen LogP contribution in [-0.2, 0) is 4.74 Å². The van der Waals surface area contributed by atoms with Crippen LogP contribution in [-0.4, -0.2) is 47.2 Å². The first-order valence-corrected chi connectivity index (χ1v) is 12.8. The van der Waals surface area contributed by atoms with Gasteiger partial charge < -0.3 is 26.0 Å². The molecule has 1 fully saturated rings. The van der Waals surface area contributed by atoms with Gasteiger partial charge in [0.1, 0.15) is 17.5 Å². The molecule has 1 saturated heterocycles. The second-order valence-electron chi connectivity index (χ2n) is 8.87. The lowest BCUT2D eigenvalue weighted by molar-refractivity contribution is 0.101. The molecule has 0 atom stereocenters. The van der Waals surface area contributed by atoms with Crippen molar-refractivity contribution in [2.24, 2.45) is 0 Å². The Kier molecular flexibility index (Phi) is 6.03. The molecular formula is C27H25N7O2S. The predicted molar refractivity (Wildman–Crippen MR) is 149 cm³/mol. The summed E-state index contributed by atoms with van der Waals surface area (Å²) in [5.74, 6) is 0.849. The number of anilines is 5. The average Bonchev–Trinajstić information content (AvgIpc) is 3.39. The van der Waals surface area contributed by atoms with Crippen molar-refractivity contribution in [3.8, 4) is 0 Å². The Morgan fingerprint density at radius 2 is 1.84 bits per heavy atom. The highest BCUT2D eigenvalue weighted by Crippen LogP contribution is 2.29. The van der Waals surface area contributed by atoms with Gasteiger partial charge in [0.25, 0.3) is 5.91 Å². The number of thiophene rings is 1. The van der Waals surface area contributed by atoms with E-state index < -0.39 is 5.91 Å². The van der Waals surface area contributed by atoms with Gasteiger partial charge in [-0.25, -0.2) is 15.0 Å². The normalized spacial score (nSPS) is 13.7. The summed E-state index contributed by atoms with van der Waals surface area (Å²) in [4.78, 5) is 28.8. The molecule has 1 aliphatic rings. The van der Waals surface area contributed by atoms with Gasteiger partial charge in [-0.15, -0.1) is 11.3 Å². The van der Waals surface area contributed by atoms with Crippen LogP contribution in [0.4, 0.5) is 28.8 Å².